The van der Waals surface area contributed by atoms with E-state index in [2.05, 4.69) is 57.4 Å². The van der Waals surface area contributed by atoms with Gasteiger partial charge in [0.15, 0.2) is 0 Å². The number of hydrogen-bond acceptors (Lipinski definition) is 2. The van der Waals surface area contributed by atoms with Crippen LogP contribution in [0.15, 0.2) is 40.6 Å². The zero-order valence-electron chi connectivity index (χ0n) is 17.1. The Morgan fingerprint density at radius 1 is 1.00 bits per heavy atom. The fraction of sp³-hybridized carbons (Fsp3) is 0.609. The Balaban J connectivity index is 0.00000109. The number of nitrogens with zero attached hydrogens (tertiary/aromatic N) is 1. The van der Waals surface area contributed by atoms with Gasteiger partial charge in [-0.15, -0.1) is 0 Å². The van der Waals surface area contributed by atoms with Gasteiger partial charge in [0, 0.05) is 11.6 Å². The van der Waals surface area contributed by atoms with Crippen molar-refractivity contribution in [1.29, 1.82) is 0 Å². The Kier molecular flexibility index (Phi) is 6.87. The van der Waals surface area contributed by atoms with Crippen molar-refractivity contribution in [3.8, 4) is 0 Å². The molecule has 1 unspecified atom stereocenters. The zero-order chi connectivity index (χ0) is 18.4. The molecule has 1 aromatic carbocycles. The van der Waals surface area contributed by atoms with Crippen molar-refractivity contribution in [3.05, 3.63) is 46.7 Å². The number of fused-ring (bicyclic) bond motifs is 1. The summed E-state index contributed by atoms with van der Waals surface area (Å²) in [5.41, 5.74) is 10.4. The van der Waals surface area contributed by atoms with Gasteiger partial charge < -0.3 is 0 Å². The molecular weight excluding hydrogens is 304 g/mol. The van der Waals surface area contributed by atoms with E-state index >= 15 is 0 Å². The Morgan fingerprint density at radius 2 is 1.68 bits per heavy atom. The molecule has 0 amide bonds. The molecule has 0 bridgehead atoms. The summed E-state index contributed by atoms with van der Waals surface area (Å²) in [4.78, 5) is 0. The summed E-state index contributed by atoms with van der Waals surface area (Å²) in [5, 5.41) is 4.75. The second-order valence-electron chi connectivity index (χ2n) is 8.12. The predicted octanol–water partition coefficient (Wildman–Crippen LogP) is 6.60. The molecule has 2 aliphatic rings. The quantitative estimate of drug-likeness (QED) is 0.612. The number of hydrogen-bond donors (Lipinski definition) is 1. The monoisotopic (exact) mass is 340 g/mol. The van der Waals surface area contributed by atoms with E-state index in [1.165, 1.54) is 61.1 Å². The van der Waals surface area contributed by atoms with Gasteiger partial charge in [0.2, 0.25) is 0 Å². The first-order chi connectivity index (χ1) is 12.0. The molecule has 2 heteroatoms. The molecule has 0 aromatic heterocycles. The first kappa shape index (κ1) is 19.8. The highest BCUT2D eigenvalue weighted by molar-refractivity contribution is 6.04. The highest BCUT2D eigenvalue weighted by Gasteiger charge is 2.32. The lowest BCUT2D eigenvalue weighted by Gasteiger charge is -2.33. The van der Waals surface area contributed by atoms with E-state index in [4.69, 9.17) is 5.10 Å². The van der Waals surface area contributed by atoms with Gasteiger partial charge in [-0.25, -0.2) is 0 Å². The molecule has 1 atom stereocenters. The average Bonchev–Trinajstić information content (AvgIpc) is 2.67. The topological polar surface area (TPSA) is 24.4 Å². The lowest BCUT2D eigenvalue weighted by Crippen LogP contribution is -2.30. The van der Waals surface area contributed by atoms with Gasteiger partial charge in [-0.1, -0.05) is 76.8 Å². The molecule has 25 heavy (non-hydrogen) atoms. The fourth-order valence-electron chi connectivity index (χ4n) is 4.01. The molecule has 1 fully saturated rings. The normalized spacial score (nSPS) is 23.0. The van der Waals surface area contributed by atoms with Crippen molar-refractivity contribution in [2.24, 2.45) is 16.4 Å². The molecule has 138 valence electrons. The molecule has 0 spiro atoms. The molecule has 2 nitrogen and oxygen atoms in total. The summed E-state index contributed by atoms with van der Waals surface area (Å²) in [6, 6.07) is 8.85. The lowest BCUT2D eigenvalue weighted by atomic mass is 9.75. The van der Waals surface area contributed by atoms with Gasteiger partial charge >= 0.3 is 0 Å². The van der Waals surface area contributed by atoms with Gasteiger partial charge in [0.25, 0.3) is 0 Å². The molecule has 1 heterocycles. The molecular formula is C23H36N2. The van der Waals surface area contributed by atoms with Gasteiger partial charge in [-0.05, 0) is 49.7 Å². The summed E-state index contributed by atoms with van der Waals surface area (Å²) >= 11 is 0. The Labute approximate surface area is 154 Å². The standard InChI is InChI=1S/C21H30N2.C2H6/c1-15-9-11-17(12-10-15)20-18-8-6-5-7-13-21(3,4)14-19(18)16(2)22-23-20;1-2/h9-12,18,22H,5-8,13-14H2,1-4H3;1-2H3. The summed E-state index contributed by atoms with van der Waals surface area (Å²) in [6.07, 6.45) is 7.76. The van der Waals surface area contributed by atoms with E-state index in [-0.39, 0.29) is 0 Å². The minimum absolute atomic E-state index is 0.386. The van der Waals surface area contributed by atoms with E-state index in [0.29, 0.717) is 11.3 Å². The van der Waals surface area contributed by atoms with Crippen molar-refractivity contribution in [3.63, 3.8) is 0 Å². The van der Waals surface area contributed by atoms with Crippen LogP contribution in [0.25, 0.3) is 0 Å². The fourth-order valence-corrected chi connectivity index (χ4v) is 4.01. The summed E-state index contributed by atoms with van der Waals surface area (Å²) in [6.45, 7) is 13.2. The van der Waals surface area contributed by atoms with E-state index in [1.807, 2.05) is 13.8 Å². The third-order valence-electron chi connectivity index (χ3n) is 5.44. The summed E-state index contributed by atoms with van der Waals surface area (Å²) < 4.78 is 0. The molecule has 0 radical (unpaired) electrons. The Morgan fingerprint density at radius 3 is 2.36 bits per heavy atom. The maximum absolute atomic E-state index is 4.75. The van der Waals surface area contributed by atoms with Crippen LogP contribution in [0.4, 0.5) is 0 Å². The van der Waals surface area contributed by atoms with Crippen LogP contribution in [0.5, 0.6) is 0 Å². The first-order valence-electron chi connectivity index (χ1n) is 10.1. The minimum Gasteiger partial charge on any atom is -0.283 e. The van der Waals surface area contributed by atoms with Crippen LogP contribution in [-0.4, -0.2) is 5.71 Å². The maximum atomic E-state index is 4.75. The highest BCUT2D eigenvalue weighted by Crippen LogP contribution is 2.40. The molecule has 1 saturated carbocycles. The number of hydrazone groups is 1. The maximum Gasteiger partial charge on any atom is 0.0751 e. The lowest BCUT2D eigenvalue weighted by molar-refractivity contribution is 0.316. The van der Waals surface area contributed by atoms with Gasteiger partial charge in [-0.3, -0.25) is 5.43 Å². The second kappa shape index (κ2) is 8.69. The number of allylic oxidation sites excluding steroid dienone is 2. The zero-order valence-corrected chi connectivity index (χ0v) is 17.1. The first-order valence-corrected chi connectivity index (χ1v) is 10.1. The van der Waals surface area contributed by atoms with Crippen molar-refractivity contribution in [2.75, 3.05) is 0 Å². The molecule has 1 aliphatic carbocycles. The minimum atomic E-state index is 0.386. The summed E-state index contributed by atoms with van der Waals surface area (Å²) in [7, 11) is 0. The molecule has 1 N–H and O–H groups in total. The third-order valence-corrected chi connectivity index (χ3v) is 5.44. The number of nitrogens with one attached hydrogen (secondary N) is 1. The van der Waals surface area contributed by atoms with Gasteiger partial charge in [0.1, 0.15) is 0 Å². The average molecular weight is 341 g/mol. The Bertz CT molecular complexity index is 620. The third kappa shape index (κ3) is 4.96. The molecule has 1 aliphatic heterocycles. The van der Waals surface area contributed by atoms with Gasteiger partial charge in [0.05, 0.1) is 5.71 Å². The van der Waals surface area contributed by atoms with Crippen LogP contribution in [-0.2, 0) is 0 Å². The van der Waals surface area contributed by atoms with E-state index in [1.54, 1.807) is 5.57 Å². The largest absolute Gasteiger partial charge is 0.283 e. The summed E-state index contributed by atoms with van der Waals surface area (Å²) in [5.74, 6) is 0.483. The number of aryl methyl sites for hydroxylation is 1. The van der Waals surface area contributed by atoms with Crippen LogP contribution >= 0.6 is 0 Å². The van der Waals surface area contributed by atoms with Crippen LogP contribution < -0.4 is 5.43 Å². The number of benzene rings is 1. The van der Waals surface area contributed by atoms with Crippen molar-refractivity contribution in [1.82, 2.24) is 5.43 Å². The SMILES string of the molecule is CC.CC1=C2CC(C)(C)CCCCCC2C(c2ccc(C)cc2)=NN1. The second-order valence-corrected chi connectivity index (χ2v) is 8.12. The predicted molar refractivity (Wildman–Crippen MR) is 110 cm³/mol. The van der Waals surface area contributed by atoms with Crippen LogP contribution in [0.1, 0.15) is 84.3 Å². The van der Waals surface area contributed by atoms with Crippen molar-refractivity contribution in [2.45, 2.75) is 80.1 Å². The van der Waals surface area contributed by atoms with Crippen LogP contribution in [0.2, 0.25) is 0 Å². The van der Waals surface area contributed by atoms with Crippen molar-refractivity contribution >= 4 is 5.71 Å². The molecule has 3 rings (SSSR count). The van der Waals surface area contributed by atoms with E-state index in [0.717, 1.165) is 0 Å². The number of rotatable bonds is 1. The van der Waals surface area contributed by atoms with E-state index < -0.39 is 0 Å². The van der Waals surface area contributed by atoms with E-state index in [9.17, 15) is 0 Å². The van der Waals surface area contributed by atoms with Crippen LogP contribution in [0.3, 0.4) is 0 Å². The highest BCUT2D eigenvalue weighted by atomic mass is 15.3. The van der Waals surface area contributed by atoms with Crippen LogP contribution in [0, 0.1) is 18.3 Å². The Hall–Kier alpha value is -1.57. The molecule has 1 aromatic rings. The van der Waals surface area contributed by atoms with Gasteiger partial charge in [-0.2, -0.15) is 5.10 Å². The molecule has 0 saturated heterocycles. The van der Waals surface area contributed by atoms with Crippen molar-refractivity contribution < 1.29 is 0 Å². The smallest absolute Gasteiger partial charge is 0.0751 e.